The summed E-state index contributed by atoms with van der Waals surface area (Å²) < 4.78 is 11.3. The number of anilines is 1. The van der Waals surface area contributed by atoms with Crippen molar-refractivity contribution in [2.45, 2.75) is 24.5 Å². The Kier molecular flexibility index (Phi) is 3.62. The third kappa shape index (κ3) is 2.23. The van der Waals surface area contributed by atoms with Crippen LogP contribution in [0.15, 0.2) is 17.1 Å². The molecule has 1 aromatic heterocycles. The smallest absolute Gasteiger partial charge is 0.351 e. The number of ether oxygens (including phenoxy) is 2. The lowest BCUT2D eigenvalue weighted by Crippen LogP contribution is -2.36. The van der Waals surface area contributed by atoms with E-state index in [4.69, 9.17) is 15.2 Å². The van der Waals surface area contributed by atoms with E-state index < -0.39 is 30.2 Å². The summed E-state index contributed by atoms with van der Waals surface area (Å²) in [4.78, 5) is 15.1. The minimum atomic E-state index is -1.23. The highest BCUT2D eigenvalue weighted by atomic mass is 16.6. The van der Waals surface area contributed by atoms with E-state index in [-0.39, 0.29) is 12.4 Å². The van der Waals surface area contributed by atoms with Gasteiger partial charge >= 0.3 is 5.69 Å². The van der Waals surface area contributed by atoms with Gasteiger partial charge in [0.2, 0.25) is 0 Å². The highest BCUT2D eigenvalue weighted by molar-refractivity contribution is 5.23. The second kappa shape index (κ2) is 5.02. The molecule has 3 unspecified atom stereocenters. The zero-order valence-electron chi connectivity index (χ0n) is 9.76. The maximum absolute atomic E-state index is 11.6. The molecular weight excluding hydrogens is 242 g/mol. The first-order valence-corrected chi connectivity index (χ1v) is 5.39. The maximum Gasteiger partial charge on any atom is 0.351 e. The monoisotopic (exact) mass is 257 g/mol. The molecule has 0 bridgehead atoms. The molecule has 1 aliphatic heterocycles. The molecule has 1 aromatic rings. The van der Waals surface area contributed by atoms with Crippen LogP contribution < -0.4 is 11.4 Å². The minimum absolute atomic E-state index is 0.0812. The SMILES string of the molecule is COC[C@H]1OC(n2ccc(N)nc2=O)C(O)C1O. The summed E-state index contributed by atoms with van der Waals surface area (Å²) in [5, 5.41) is 19.6. The van der Waals surface area contributed by atoms with Crippen LogP contribution in [-0.2, 0) is 9.47 Å². The van der Waals surface area contributed by atoms with Crippen LogP contribution in [0.2, 0.25) is 0 Å². The zero-order chi connectivity index (χ0) is 13.3. The van der Waals surface area contributed by atoms with Crippen molar-refractivity contribution in [2.75, 3.05) is 19.5 Å². The Labute approximate surface area is 103 Å². The molecule has 2 rings (SSSR count). The van der Waals surface area contributed by atoms with E-state index in [1.54, 1.807) is 0 Å². The summed E-state index contributed by atoms with van der Waals surface area (Å²) in [7, 11) is 1.45. The summed E-state index contributed by atoms with van der Waals surface area (Å²) in [6, 6.07) is 1.41. The molecule has 8 heteroatoms. The van der Waals surface area contributed by atoms with E-state index in [1.165, 1.54) is 19.4 Å². The van der Waals surface area contributed by atoms with Crippen molar-refractivity contribution in [3.05, 3.63) is 22.7 Å². The van der Waals surface area contributed by atoms with Gasteiger partial charge in [0.15, 0.2) is 6.23 Å². The molecule has 8 nitrogen and oxygen atoms in total. The van der Waals surface area contributed by atoms with Crippen LogP contribution in [0.1, 0.15) is 6.23 Å². The van der Waals surface area contributed by atoms with Crippen LogP contribution in [0.3, 0.4) is 0 Å². The second-order valence-electron chi connectivity index (χ2n) is 4.04. The third-order valence-electron chi connectivity index (χ3n) is 2.79. The predicted molar refractivity (Wildman–Crippen MR) is 60.7 cm³/mol. The first-order chi connectivity index (χ1) is 8.54. The lowest BCUT2D eigenvalue weighted by Gasteiger charge is -2.16. The van der Waals surface area contributed by atoms with E-state index >= 15 is 0 Å². The van der Waals surface area contributed by atoms with Crippen LogP contribution in [0, 0.1) is 0 Å². The highest BCUT2D eigenvalue weighted by Crippen LogP contribution is 2.28. The molecule has 1 fully saturated rings. The van der Waals surface area contributed by atoms with Crippen LogP contribution in [0.4, 0.5) is 5.82 Å². The average Bonchev–Trinajstić information content (AvgIpc) is 2.58. The largest absolute Gasteiger partial charge is 0.387 e. The van der Waals surface area contributed by atoms with Crippen molar-refractivity contribution >= 4 is 5.82 Å². The van der Waals surface area contributed by atoms with E-state index in [9.17, 15) is 15.0 Å². The molecule has 0 amide bonds. The van der Waals surface area contributed by atoms with Crippen LogP contribution >= 0.6 is 0 Å². The zero-order valence-corrected chi connectivity index (χ0v) is 9.76. The van der Waals surface area contributed by atoms with E-state index in [2.05, 4.69) is 4.98 Å². The first-order valence-electron chi connectivity index (χ1n) is 5.39. The van der Waals surface area contributed by atoms with Crippen molar-refractivity contribution in [2.24, 2.45) is 0 Å². The van der Waals surface area contributed by atoms with E-state index in [0.29, 0.717) is 0 Å². The number of rotatable bonds is 3. The quantitative estimate of drug-likeness (QED) is 0.578. The summed E-state index contributed by atoms with van der Waals surface area (Å²) in [5.74, 6) is 0.0812. The number of hydrogen-bond acceptors (Lipinski definition) is 7. The van der Waals surface area contributed by atoms with Gasteiger partial charge in [-0.15, -0.1) is 0 Å². The highest BCUT2D eigenvalue weighted by Gasteiger charge is 2.44. The lowest BCUT2D eigenvalue weighted by atomic mass is 10.1. The van der Waals surface area contributed by atoms with Crippen molar-refractivity contribution in [3.8, 4) is 0 Å². The van der Waals surface area contributed by atoms with Gasteiger partial charge in [-0.1, -0.05) is 0 Å². The maximum atomic E-state index is 11.6. The predicted octanol–water partition coefficient (Wildman–Crippen LogP) is -1.91. The van der Waals surface area contributed by atoms with Gasteiger partial charge in [-0.3, -0.25) is 4.57 Å². The normalized spacial score (nSPS) is 31.7. The van der Waals surface area contributed by atoms with Gasteiger partial charge in [-0.2, -0.15) is 4.98 Å². The number of methoxy groups -OCH3 is 1. The number of aliphatic hydroxyl groups is 2. The van der Waals surface area contributed by atoms with Crippen molar-refractivity contribution in [1.29, 1.82) is 0 Å². The molecule has 18 heavy (non-hydrogen) atoms. The minimum Gasteiger partial charge on any atom is -0.387 e. The Morgan fingerprint density at radius 2 is 2.28 bits per heavy atom. The number of nitrogens with zero attached hydrogens (tertiary/aromatic N) is 2. The molecular formula is C10H15N3O5. The van der Waals surface area contributed by atoms with Gasteiger partial charge in [0.05, 0.1) is 6.61 Å². The van der Waals surface area contributed by atoms with Gasteiger partial charge in [-0.25, -0.2) is 4.79 Å². The Bertz CT molecular complexity index is 477. The van der Waals surface area contributed by atoms with Crippen molar-refractivity contribution < 1.29 is 19.7 Å². The molecule has 0 spiro atoms. The van der Waals surface area contributed by atoms with Crippen LogP contribution in [-0.4, -0.2) is 51.8 Å². The number of aliphatic hydroxyl groups excluding tert-OH is 2. The van der Waals surface area contributed by atoms with Crippen molar-refractivity contribution in [1.82, 2.24) is 9.55 Å². The molecule has 0 aromatic carbocycles. The summed E-state index contributed by atoms with van der Waals surface area (Å²) in [5.41, 5.74) is 4.72. The lowest BCUT2D eigenvalue weighted by molar-refractivity contribution is -0.0613. The van der Waals surface area contributed by atoms with Gasteiger partial charge in [-0.05, 0) is 6.07 Å². The Morgan fingerprint density at radius 1 is 1.56 bits per heavy atom. The molecule has 2 heterocycles. The van der Waals surface area contributed by atoms with Crippen LogP contribution in [0.5, 0.6) is 0 Å². The molecule has 4 N–H and O–H groups in total. The molecule has 1 aliphatic rings. The molecule has 100 valence electrons. The molecule has 4 atom stereocenters. The standard InChI is InChI=1S/C10H15N3O5/c1-17-4-5-7(14)8(15)9(18-5)13-3-2-6(11)12-10(13)16/h2-3,5,7-9,14-15H,4H2,1H3,(H2,11,12,16)/t5-,7?,8?,9?/m1/s1. The Hall–Kier alpha value is -1.48. The molecule has 0 radical (unpaired) electrons. The average molecular weight is 257 g/mol. The van der Waals surface area contributed by atoms with Gasteiger partial charge < -0.3 is 25.4 Å². The number of aromatic nitrogens is 2. The Morgan fingerprint density at radius 3 is 2.89 bits per heavy atom. The molecule has 1 saturated heterocycles. The topological polar surface area (TPSA) is 120 Å². The fraction of sp³-hybridized carbons (Fsp3) is 0.600. The summed E-state index contributed by atoms with van der Waals surface area (Å²) in [6.07, 6.45) is -2.69. The Balaban J connectivity index is 2.26. The first kappa shape index (κ1) is 13.0. The van der Waals surface area contributed by atoms with Gasteiger partial charge in [0.25, 0.3) is 0 Å². The van der Waals surface area contributed by atoms with E-state index in [1.807, 2.05) is 0 Å². The number of nitrogens with two attached hydrogens (primary N) is 1. The van der Waals surface area contributed by atoms with Gasteiger partial charge in [0.1, 0.15) is 24.1 Å². The summed E-state index contributed by atoms with van der Waals surface area (Å²) >= 11 is 0. The van der Waals surface area contributed by atoms with Crippen molar-refractivity contribution in [3.63, 3.8) is 0 Å². The van der Waals surface area contributed by atoms with Gasteiger partial charge in [0, 0.05) is 13.3 Å². The number of nitrogen functional groups attached to an aromatic ring is 1. The fourth-order valence-corrected chi connectivity index (χ4v) is 1.88. The fourth-order valence-electron chi connectivity index (χ4n) is 1.88. The molecule has 0 saturated carbocycles. The summed E-state index contributed by atoms with van der Waals surface area (Å²) in [6.45, 7) is 0.117. The third-order valence-corrected chi connectivity index (χ3v) is 2.79. The second-order valence-corrected chi connectivity index (χ2v) is 4.04. The molecule has 0 aliphatic carbocycles. The van der Waals surface area contributed by atoms with E-state index in [0.717, 1.165) is 4.57 Å². The van der Waals surface area contributed by atoms with Crippen LogP contribution in [0.25, 0.3) is 0 Å². The number of hydrogen-bond donors (Lipinski definition) is 3.